The van der Waals surface area contributed by atoms with Crippen molar-refractivity contribution in [2.75, 3.05) is 7.11 Å². The first kappa shape index (κ1) is 15.4. The highest BCUT2D eigenvalue weighted by atomic mass is 19.4. The third-order valence-corrected chi connectivity index (χ3v) is 3.38. The second-order valence-corrected chi connectivity index (χ2v) is 4.88. The summed E-state index contributed by atoms with van der Waals surface area (Å²) in [5, 5.41) is 10.6. The molecule has 0 radical (unpaired) electrons. The molecule has 0 heterocycles. The molecule has 0 spiro atoms. The predicted octanol–water partition coefficient (Wildman–Crippen LogP) is 3.97. The van der Waals surface area contributed by atoms with E-state index in [0.717, 1.165) is 12.1 Å². The monoisotopic (exact) mass is 296 g/mol. The second kappa shape index (κ2) is 5.41. The van der Waals surface area contributed by atoms with E-state index in [9.17, 15) is 18.3 Å². The van der Waals surface area contributed by atoms with E-state index in [2.05, 4.69) is 0 Å². The van der Waals surface area contributed by atoms with Crippen LogP contribution in [0.1, 0.15) is 23.6 Å². The summed E-state index contributed by atoms with van der Waals surface area (Å²) in [6, 6.07) is 11.3. The molecule has 1 N–H and O–H groups in total. The summed E-state index contributed by atoms with van der Waals surface area (Å²) in [5.41, 5.74) is -1.70. The quantitative estimate of drug-likeness (QED) is 0.928. The number of aliphatic hydroxyl groups is 1. The highest BCUT2D eigenvalue weighted by Crippen LogP contribution is 2.35. The van der Waals surface area contributed by atoms with Crippen LogP contribution in [-0.4, -0.2) is 12.2 Å². The van der Waals surface area contributed by atoms with Gasteiger partial charge in [-0.25, -0.2) is 0 Å². The van der Waals surface area contributed by atoms with Gasteiger partial charge in [-0.15, -0.1) is 0 Å². The number of hydrogen-bond donors (Lipinski definition) is 1. The van der Waals surface area contributed by atoms with Crippen molar-refractivity contribution in [3.8, 4) is 5.75 Å². The molecule has 0 aromatic heterocycles. The van der Waals surface area contributed by atoms with Crippen LogP contribution in [0.3, 0.4) is 0 Å². The summed E-state index contributed by atoms with van der Waals surface area (Å²) in [6.45, 7) is 1.46. The van der Waals surface area contributed by atoms with Crippen LogP contribution in [0.4, 0.5) is 13.2 Å². The molecular weight excluding hydrogens is 281 g/mol. The van der Waals surface area contributed by atoms with Gasteiger partial charge in [-0.2, -0.15) is 13.2 Å². The first-order valence-corrected chi connectivity index (χ1v) is 6.30. The molecule has 5 heteroatoms. The first-order valence-electron chi connectivity index (χ1n) is 6.30. The van der Waals surface area contributed by atoms with Gasteiger partial charge in [0.2, 0.25) is 0 Å². The minimum absolute atomic E-state index is 0.172. The van der Waals surface area contributed by atoms with Crippen molar-refractivity contribution in [3.63, 3.8) is 0 Å². The third-order valence-electron chi connectivity index (χ3n) is 3.38. The van der Waals surface area contributed by atoms with Crippen LogP contribution in [0.2, 0.25) is 0 Å². The van der Waals surface area contributed by atoms with Crippen LogP contribution >= 0.6 is 0 Å². The molecule has 1 unspecified atom stereocenters. The van der Waals surface area contributed by atoms with E-state index in [1.54, 1.807) is 24.3 Å². The van der Waals surface area contributed by atoms with Crippen LogP contribution in [-0.2, 0) is 11.8 Å². The molecule has 1 atom stereocenters. The maximum Gasteiger partial charge on any atom is 0.416 e. The molecule has 0 amide bonds. The van der Waals surface area contributed by atoms with Gasteiger partial charge in [0.15, 0.2) is 0 Å². The van der Waals surface area contributed by atoms with Crippen LogP contribution in [0, 0.1) is 0 Å². The maximum absolute atomic E-state index is 12.8. The Bertz CT molecular complexity index is 633. The lowest BCUT2D eigenvalue weighted by molar-refractivity contribution is -0.137. The molecule has 2 aromatic carbocycles. The van der Waals surface area contributed by atoms with Gasteiger partial charge < -0.3 is 9.84 Å². The summed E-state index contributed by atoms with van der Waals surface area (Å²) in [7, 11) is 1.48. The van der Waals surface area contributed by atoms with E-state index >= 15 is 0 Å². The lowest BCUT2D eigenvalue weighted by Gasteiger charge is -2.25. The van der Waals surface area contributed by atoms with Gasteiger partial charge in [0, 0.05) is 0 Å². The van der Waals surface area contributed by atoms with Crippen LogP contribution in [0.5, 0.6) is 5.75 Å². The Morgan fingerprint density at radius 1 is 0.905 bits per heavy atom. The zero-order valence-corrected chi connectivity index (χ0v) is 11.6. The van der Waals surface area contributed by atoms with E-state index in [1.807, 2.05) is 0 Å². The largest absolute Gasteiger partial charge is 0.497 e. The van der Waals surface area contributed by atoms with Gasteiger partial charge in [-0.05, 0) is 42.3 Å². The highest BCUT2D eigenvalue weighted by molar-refractivity contribution is 5.40. The van der Waals surface area contributed by atoms with Crippen molar-refractivity contribution in [1.29, 1.82) is 0 Å². The molecule has 2 nitrogen and oxygen atoms in total. The van der Waals surface area contributed by atoms with E-state index in [1.165, 1.54) is 26.2 Å². The van der Waals surface area contributed by atoms with Gasteiger partial charge in [0.05, 0.1) is 12.7 Å². The van der Waals surface area contributed by atoms with Gasteiger partial charge in [0.25, 0.3) is 0 Å². The molecule has 2 rings (SSSR count). The van der Waals surface area contributed by atoms with Crippen molar-refractivity contribution >= 4 is 0 Å². The average Bonchev–Trinajstić information content (AvgIpc) is 2.46. The number of methoxy groups -OCH3 is 1. The number of halogens is 3. The number of hydrogen-bond acceptors (Lipinski definition) is 2. The Labute approximate surface area is 120 Å². The van der Waals surface area contributed by atoms with E-state index < -0.39 is 17.3 Å². The van der Waals surface area contributed by atoms with Crippen molar-refractivity contribution in [3.05, 3.63) is 65.2 Å². The minimum atomic E-state index is -4.44. The second-order valence-electron chi connectivity index (χ2n) is 4.88. The molecule has 0 fully saturated rings. The molecule has 21 heavy (non-hydrogen) atoms. The van der Waals surface area contributed by atoms with Crippen molar-refractivity contribution < 1.29 is 23.0 Å². The fourth-order valence-electron chi connectivity index (χ4n) is 2.09. The highest BCUT2D eigenvalue weighted by Gasteiger charge is 2.33. The van der Waals surface area contributed by atoms with E-state index in [4.69, 9.17) is 4.74 Å². The number of alkyl halides is 3. The molecule has 0 saturated heterocycles. The summed E-state index contributed by atoms with van der Waals surface area (Å²) in [5.74, 6) is 0.528. The summed E-state index contributed by atoms with van der Waals surface area (Å²) < 4.78 is 43.4. The fourth-order valence-corrected chi connectivity index (χ4v) is 2.09. The van der Waals surface area contributed by atoms with Gasteiger partial charge in [-0.3, -0.25) is 0 Å². The van der Waals surface area contributed by atoms with Crippen molar-refractivity contribution in [2.45, 2.75) is 18.7 Å². The fraction of sp³-hybridized carbons (Fsp3) is 0.250. The lowest BCUT2D eigenvalue weighted by Crippen LogP contribution is -2.23. The van der Waals surface area contributed by atoms with Crippen LogP contribution < -0.4 is 4.74 Å². The molecule has 0 saturated carbocycles. The van der Waals surface area contributed by atoms with Crippen LogP contribution in [0.25, 0.3) is 0 Å². The summed E-state index contributed by atoms with van der Waals surface area (Å²) in [4.78, 5) is 0. The van der Waals surface area contributed by atoms with Gasteiger partial charge >= 0.3 is 6.18 Å². The molecule has 0 aliphatic carbocycles. The zero-order valence-electron chi connectivity index (χ0n) is 11.6. The Hall–Kier alpha value is -2.01. The standard InChI is InChI=1S/C16H15F3O2/c1-15(20,12-6-4-8-14(10-12)21-2)11-5-3-7-13(9-11)16(17,18)19/h3-10,20H,1-2H3. The van der Waals surface area contributed by atoms with Gasteiger partial charge in [-0.1, -0.05) is 24.3 Å². The molecule has 0 aliphatic rings. The Kier molecular flexibility index (Phi) is 3.96. The normalized spacial score (nSPS) is 14.6. The van der Waals surface area contributed by atoms with E-state index in [0.29, 0.717) is 11.3 Å². The Morgan fingerprint density at radius 3 is 2.00 bits per heavy atom. The minimum Gasteiger partial charge on any atom is -0.497 e. The Morgan fingerprint density at radius 2 is 1.43 bits per heavy atom. The van der Waals surface area contributed by atoms with Crippen molar-refractivity contribution in [2.24, 2.45) is 0 Å². The van der Waals surface area contributed by atoms with Gasteiger partial charge in [0.1, 0.15) is 11.4 Å². The summed E-state index contributed by atoms with van der Waals surface area (Å²) >= 11 is 0. The molecule has 2 aromatic rings. The lowest BCUT2D eigenvalue weighted by atomic mass is 9.87. The third kappa shape index (κ3) is 3.19. The number of rotatable bonds is 3. The molecule has 0 bridgehead atoms. The molecule has 112 valence electrons. The first-order chi connectivity index (χ1) is 9.75. The number of benzene rings is 2. The topological polar surface area (TPSA) is 29.5 Å². The van der Waals surface area contributed by atoms with E-state index in [-0.39, 0.29) is 5.56 Å². The maximum atomic E-state index is 12.8. The SMILES string of the molecule is COc1cccc(C(C)(O)c2cccc(C(F)(F)F)c2)c1. The Balaban J connectivity index is 2.48. The smallest absolute Gasteiger partial charge is 0.416 e. The number of ether oxygens (including phenoxy) is 1. The zero-order chi connectivity index (χ0) is 15.7. The molecular formula is C16H15F3O2. The average molecular weight is 296 g/mol. The predicted molar refractivity (Wildman–Crippen MR) is 73.1 cm³/mol. The van der Waals surface area contributed by atoms with Crippen LogP contribution in [0.15, 0.2) is 48.5 Å². The van der Waals surface area contributed by atoms with Crippen molar-refractivity contribution in [1.82, 2.24) is 0 Å². The summed E-state index contributed by atoms with van der Waals surface area (Å²) in [6.07, 6.45) is -4.44. The molecule has 0 aliphatic heterocycles.